The Kier molecular flexibility index (Phi) is 7.23. The minimum atomic E-state index is -1.35. The van der Waals surface area contributed by atoms with E-state index in [-0.39, 0.29) is 13.2 Å². The number of carbonyl (C=O) groups is 2. The van der Waals surface area contributed by atoms with Gasteiger partial charge >= 0.3 is 11.9 Å². The van der Waals surface area contributed by atoms with Crippen LogP contribution in [0.1, 0.15) is 47.6 Å². The molecule has 3 aromatic carbocycles. The molecule has 0 unspecified atom stereocenters. The van der Waals surface area contributed by atoms with Crippen LogP contribution in [0.2, 0.25) is 0 Å². The summed E-state index contributed by atoms with van der Waals surface area (Å²) in [4.78, 5) is 26.8. The van der Waals surface area contributed by atoms with Gasteiger partial charge in [-0.25, -0.2) is 0 Å². The summed E-state index contributed by atoms with van der Waals surface area (Å²) >= 11 is 0. The first kappa shape index (κ1) is 22.8. The van der Waals surface area contributed by atoms with Gasteiger partial charge in [0.2, 0.25) is 0 Å². The maximum Gasteiger partial charge on any atom is 0.324 e. The summed E-state index contributed by atoms with van der Waals surface area (Å²) in [5, 5.41) is 0. The summed E-state index contributed by atoms with van der Waals surface area (Å²) < 4.78 is 11.4. The molecule has 1 aliphatic carbocycles. The molecule has 0 saturated carbocycles. The zero-order valence-electron chi connectivity index (χ0n) is 19.1. The molecular weight excluding hydrogens is 412 g/mol. The van der Waals surface area contributed by atoms with Crippen molar-refractivity contribution in [3.05, 3.63) is 107 Å². The van der Waals surface area contributed by atoms with Gasteiger partial charge in [0.15, 0.2) is 5.41 Å². The summed E-state index contributed by atoms with van der Waals surface area (Å²) in [7, 11) is 0. The standard InChI is InChI=1S/C29H30O4/c1-2-3-10-22-15-16-25-18-29(19-26(25)17-22,27(30)32-20-23-11-6-4-7-12-23)28(31)33-21-24-13-8-5-9-14-24/h4-9,11-17H,2-3,10,18-21H2,1H3. The Morgan fingerprint density at radius 3 is 1.82 bits per heavy atom. The van der Waals surface area contributed by atoms with E-state index in [2.05, 4.69) is 25.1 Å². The Labute approximate surface area is 195 Å². The van der Waals surface area contributed by atoms with Crippen molar-refractivity contribution < 1.29 is 19.1 Å². The number of aryl methyl sites for hydroxylation is 1. The van der Waals surface area contributed by atoms with E-state index in [4.69, 9.17) is 9.47 Å². The van der Waals surface area contributed by atoms with E-state index in [1.54, 1.807) is 0 Å². The van der Waals surface area contributed by atoms with Gasteiger partial charge in [0.1, 0.15) is 13.2 Å². The normalized spacial score (nSPS) is 13.8. The molecular formula is C29H30O4. The maximum absolute atomic E-state index is 13.4. The Hall–Kier alpha value is -3.40. The second-order valence-electron chi connectivity index (χ2n) is 8.77. The number of benzene rings is 3. The summed E-state index contributed by atoms with van der Waals surface area (Å²) in [5.41, 5.74) is 3.71. The summed E-state index contributed by atoms with van der Waals surface area (Å²) in [6.07, 6.45) is 3.84. The zero-order chi connectivity index (χ0) is 23.1. The lowest BCUT2D eigenvalue weighted by Crippen LogP contribution is -2.42. The molecule has 4 nitrogen and oxygen atoms in total. The molecule has 3 aromatic rings. The van der Waals surface area contributed by atoms with Crippen LogP contribution in [-0.2, 0) is 51.5 Å². The molecule has 0 N–H and O–H groups in total. The molecule has 4 rings (SSSR count). The van der Waals surface area contributed by atoms with E-state index in [0.29, 0.717) is 12.8 Å². The fourth-order valence-electron chi connectivity index (χ4n) is 4.36. The smallest absolute Gasteiger partial charge is 0.324 e. The van der Waals surface area contributed by atoms with E-state index in [0.717, 1.165) is 41.5 Å². The van der Waals surface area contributed by atoms with Crippen molar-refractivity contribution in [2.75, 3.05) is 0 Å². The van der Waals surface area contributed by atoms with Crippen molar-refractivity contribution in [2.45, 2.75) is 52.2 Å². The van der Waals surface area contributed by atoms with Crippen LogP contribution in [0.4, 0.5) is 0 Å². The molecule has 0 radical (unpaired) electrons. The van der Waals surface area contributed by atoms with Crippen LogP contribution in [0.15, 0.2) is 78.9 Å². The van der Waals surface area contributed by atoms with E-state index >= 15 is 0 Å². The van der Waals surface area contributed by atoms with Crippen molar-refractivity contribution in [1.82, 2.24) is 0 Å². The van der Waals surface area contributed by atoms with Gasteiger partial charge in [0.25, 0.3) is 0 Å². The number of esters is 2. The highest BCUT2D eigenvalue weighted by Gasteiger charge is 2.53. The lowest BCUT2D eigenvalue weighted by Gasteiger charge is -2.24. The molecule has 4 heteroatoms. The molecule has 0 atom stereocenters. The van der Waals surface area contributed by atoms with E-state index < -0.39 is 17.4 Å². The third-order valence-electron chi connectivity index (χ3n) is 6.28. The first-order chi connectivity index (χ1) is 16.1. The van der Waals surface area contributed by atoms with Crippen molar-refractivity contribution in [2.24, 2.45) is 5.41 Å². The van der Waals surface area contributed by atoms with Gasteiger partial charge < -0.3 is 9.47 Å². The summed E-state index contributed by atoms with van der Waals surface area (Å²) in [5.74, 6) is -1.04. The van der Waals surface area contributed by atoms with Gasteiger partial charge in [-0.2, -0.15) is 0 Å². The third kappa shape index (κ3) is 5.33. The second-order valence-corrected chi connectivity index (χ2v) is 8.77. The summed E-state index contributed by atoms with van der Waals surface area (Å²) in [6, 6.07) is 25.3. The third-order valence-corrected chi connectivity index (χ3v) is 6.28. The Bertz CT molecular complexity index is 1030. The molecule has 0 amide bonds. The number of hydrogen-bond donors (Lipinski definition) is 0. The topological polar surface area (TPSA) is 52.6 Å². The highest BCUT2D eigenvalue weighted by atomic mass is 16.6. The molecule has 0 bridgehead atoms. The molecule has 170 valence electrons. The number of ether oxygens (including phenoxy) is 2. The maximum atomic E-state index is 13.4. The molecule has 0 heterocycles. The number of fused-ring (bicyclic) bond motifs is 1. The lowest BCUT2D eigenvalue weighted by atomic mass is 9.84. The molecule has 33 heavy (non-hydrogen) atoms. The number of hydrogen-bond acceptors (Lipinski definition) is 4. The molecule has 0 aliphatic heterocycles. The van der Waals surface area contributed by atoms with Crippen LogP contribution in [0.3, 0.4) is 0 Å². The van der Waals surface area contributed by atoms with Crippen LogP contribution in [0.5, 0.6) is 0 Å². The minimum absolute atomic E-state index is 0.130. The van der Waals surface area contributed by atoms with Crippen LogP contribution >= 0.6 is 0 Å². The highest BCUT2D eigenvalue weighted by molar-refractivity contribution is 6.01. The van der Waals surface area contributed by atoms with Gasteiger partial charge in [-0.1, -0.05) is 92.2 Å². The van der Waals surface area contributed by atoms with Crippen molar-refractivity contribution in [3.8, 4) is 0 Å². The van der Waals surface area contributed by atoms with Crippen LogP contribution in [0, 0.1) is 5.41 Å². The Balaban J connectivity index is 1.55. The van der Waals surface area contributed by atoms with E-state index in [1.165, 1.54) is 5.56 Å². The van der Waals surface area contributed by atoms with Crippen molar-refractivity contribution >= 4 is 11.9 Å². The predicted molar refractivity (Wildman–Crippen MR) is 127 cm³/mol. The Morgan fingerprint density at radius 1 is 0.727 bits per heavy atom. The molecule has 0 aromatic heterocycles. The summed E-state index contributed by atoms with van der Waals surface area (Å²) in [6.45, 7) is 2.43. The SMILES string of the molecule is CCCCc1ccc2c(c1)CC(C(=O)OCc1ccccc1)(C(=O)OCc1ccccc1)C2. The Morgan fingerprint density at radius 2 is 1.27 bits per heavy atom. The average Bonchev–Trinajstić information content (AvgIpc) is 3.26. The molecule has 0 spiro atoms. The average molecular weight is 443 g/mol. The van der Waals surface area contributed by atoms with Gasteiger partial charge in [0.05, 0.1) is 0 Å². The zero-order valence-corrected chi connectivity index (χ0v) is 19.1. The van der Waals surface area contributed by atoms with Crippen LogP contribution < -0.4 is 0 Å². The van der Waals surface area contributed by atoms with Crippen molar-refractivity contribution in [3.63, 3.8) is 0 Å². The fourth-order valence-corrected chi connectivity index (χ4v) is 4.36. The van der Waals surface area contributed by atoms with Gasteiger partial charge in [0, 0.05) is 0 Å². The molecule has 1 aliphatic rings. The van der Waals surface area contributed by atoms with Crippen LogP contribution in [0.25, 0.3) is 0 Å². The number of unbranched alkanes of at least 4 members (excludes halogenated alkanes) is 1. The van der Waals surface area contributed by atoms with Gasteiger partial charge in [-0.15, -0.1) is 0 Å². The number of rotatable bonds is 9. The first-order valence-corrected chi connectivity index (χ1v) is 11.6. The van der Waals surface area contributed by atoms with E-state index in [1.807, 2.05) is 60.7 Å². The second kappa shape index (κ2) is 10.5. The quantitative estimate of drug-likeness (QED) is 0.320. The van der Waals surface area contributed by atoms with E-state index in [9.17, 15) is 9.59 Å². The lowest BCUT2D eigenvalue weighted by molar-refractivity contribution is -0.173. The first-order valence-electron chi connectivity index (χ1n) is 11.6. The largest absolute Gasteiger partial charge is 0.460 e. The fraction of sp³-hybridized carbons (Fsp3) is 0.310. The molecule has 0 fully saturated rings. The van der Waals surface area contributed by atoms with Crippen LogP contribution in [-0.4, -0.2) is 11.9 Å². The number of carbonyl (C=O) groups excluding carboxylic acids is 2. The minimum Gasteiger partial charge on any atom is -0.460 e. The van der Waals surface area contributed by atoms with Gasteiger partial charge in [-0.05, 0) is 53.5 Å². The monoisotopic (exact) mass is 442 g/mol. The highest BCUT2D eigenvalue weighted by Crippen LogP contribution is 2.40. The van der Waals surface area contributed by atoms with Crippen molar-refractivity contribution in [1.29, 1.82) is 0 Å². The molecule has 0 saturated heterocycles. The predicted octanol–water partition coefficient (Wildman–Crippen LogP) is 5.60. The van der Waals surface area contributed by atoms with Gasteiger partial charge in [-0.3, -0.25) is 9.59 Å².